The highest BCUT2D eigenvalue weighted by Crippen LogP contribution is 2.45. The smallest absolute Gasteiger partial charge is 0.230 e. The molecule has 178 valence electrons. The fourth-order valence-electron chi connectivity index (χ4n) is 4.16. The molecule has 5 heteroatoms. The van der Waals surface area contributed by atoms with Crippen molar-refractivity contribution in [2.45, 2.75) is 25.4 Å². The van der Waals surface area contributed by atoms with Crippen LogP contribution in [0.1, 0.15) is 39.9 Å². The first-order chi connectivity index (χ1) is 17.0. The van der Waals surface area contributed by atoms with Crippen LogP contribution in [0.2, 0.25) is 0 Å². The third-order valence-electron chi connectivity index (χ3n) is 6.50. The van der Waals surface area contributed by atoms with Crippen LogP contribution in [0.3, 0.4) is 0 Å². The Balaban J connectivity index is 1.28. The number of Topliss-reactive ketones (excluding diaryl/α,β-unsaturated/α-hetero) is 1. The van der Waals surface area contributed by atoms with Crippen LogP contribution in [0.25, 0.3) is 11.6 Å². The minimum absolute atomic E-state index is 0.122. The average Bonchev–Trinajstić information content (AvgIpc) is 3.80. The number of nitrogens with zero attached hydrogens (tertiary/aromatic N) is 1. The summed E-state index contributed by atoms with van der Waals surface area (Å²) in [4.78, 5) is 14.8. The Bertz CT molecular complexity index is 1230. The molecule has 1 atom stereocenters. The summed E-state index contributed by atoms with van der Waals surface area (Å²) in [6, 6.07) is 22.2. The summed E-state index contributed by atoms with van der Waals surface area (Å²) >= 11 is 0. The highest BCUT2D eigenvalue weighted by Gasteiger charge is 2.53. The van der Waals surface area contributed by atoms with Crippen LogP contribution in [0.4, 0.5) is 0 Å². The van der Waals surface area contributed by atoms with Gasteiger partial charge in [0.2, 0.25) is 5.91 Å². The molecule has 1 heterocycles. The van der Waals surface area contributed by atoms with Gasteiger partial charge in [-0.3, -0.25) is 4.79 Å². The third-order valence-corrected chi connectivity index (χ3v) is 6.50. The van der Waals surface area contributed by atoms with Crippen LogP contribution in [-0.4, -0.2) is 34.8 Å². The van der Waals surface area contributed by atoms with Gasteiger partial charge in [-0.2, -0.15) is 0 Å². The molecule has 0 radical (unpaired) electrons. The van der Waals surface area contributed by atoms with E-state index >= 15 is 0 Å². The van der Waals surface area contributed by atoms with Crippen molar-refractivity contribution >= 4 is 17.4 Å². The SMILES string of the molecule is C=Cc1ccc(COC(O)(C2CC2)N2CC2)cc1Oc1ccc(C(=O)C(=C)c2ccccc2)cc1. The Morgan fingerprint density at radius 2 is 1.74 bits per heavy atom. The second-order valence-corrected chi connectivity index (χ2v) is 9.09. The Hall–Kier alpha value is -3.51. The van der Waals surface area contributed by atoms with Crippen LogP contribution in [-0.2, 0) is 11.3 Å². The first-order valence-electron chi connectivity index (χ1n) is 11.9. The molecule has 2 aliphatic rings. The zero-order valence-corrected chi connectivity index (χ0v) is 19.7. The van der Waals surface area contributed by atoms with Gasteiger partial charge in [-0.25, -0.2) is 4.90 Å². The molecule has 1 saturated heterocycles. The summed E-state index contributed by atoms with van der Waals surface area (Å²) in [7, 11) is 0. The molecule has 5 nitrogen and oxygen atoms in total. The number of benzene rings is 3. The maximum atomic E-state index is 12.8. The van der Waals surface area contributed by atoms with E-state index in [0.717, 1.165) is 42.6 Å². The molecule has 0 bridgehead atoms. The summed E-state index contributed by atoms with van der Waals surface area (Å²) in [6.07, 6.45) is 3.72. The molecule has 1 aliphatic carbocycles. The van der Waals surface area contributed by atoms with Crippen molar-refractivity contribution < 1.29 is 19.4 Å². The van der Waals surface area contributed by atoms with Crippen LogP contribution < -0.4 is 4.74 Å². The van der Waals surface area contributed by atoms with Crippen molar-refractivity contribution in [3.05, 3.63) is 108 Å². The Labute approximate surface area is 205 Å². The molecule has 3 aromatic carbocycles. The summed E-state index contributed by atoms with van der Waals surface area (Å²) in [5.74, 6) is 0.141. The number of carbonyl (C=O) groups is 1. The van der Waals surface area contributed by atoms with Gasteiger partial charge in [0.05, 0.1) is 6.61 Å². The minimum atomic E-state index is -1.16. The van der Waals surface area contributed by atoms with Crippen molar-refractivity contribution in [3.8, 4) is 11.5 Å². The standard InChI is InChI=1S/C30H29NO4/c1-3-23-10-9-22(20-34-30(33,26-13-14-26)31-17-18-31)19-28(23)35-27-15-11-25(12-16-27)29(32)21(2)24-7-5-4-6-8-24/h3-12,15-16,19,26,33H,1-2,13-14,17-18,20H2. The van der Waals surface area contributed by atoms with Crippen LogP contribution in [0, 0.1) is 5.92 Å². The average molecular weight is 468 g/mol. The van der Waals surface area contributed by atoms with E-state index < -0.39 is 5.91 Å². The van der Waals surface area contributed by atoms with Gasteiger partial charge in [-0.15, -0.1) is 0 Å². The van der Waals surface area contributed by atoms with E-state index in [0.29, 0.717) is 22.6 Å². The molecule has 0 aromatic heterocycles. The van der Waals surface area contributed by atoms with Gasteiger partial charge < -0.3 is 14.6 Å². The lowest BCUT2D eigenvalue weighted by atomic mass is 9.98. The topological polar surface area (TPSA) is 58.8 Å². The van der Waals surface area contributed by atoms with E-state index in [2.05, 4.69) is 13.2 Å². The fraction of sp³-hybridized carbons (Fsp3) is 0.233. The zero-order valence-electron chi connectivity index (χ0n) is 19.7. The van der Waals surface area contributed by atoms with Gasteiger partial charge in [0, 0.05) is 35.7 Å². The van der Waals surface area contributed by atoms with E-state index in [1.54, 1.807) is 30.3 Å². The molecule has 0 amide bonds. The number of aliphatic hydroxyl groups is 1. The Kier molecular flexibility index (Phi) is 6.39. The molecule has 1 aliphatic heterocycles. The molecule has 1 N–H and O–H groups in total. The van der Waals surface area contributed by atoms with Crippen LogP contribution >= 0.6 is 0 Å². The normalized spacial score (nSPS) is 16.8. The largest absolute Gasteiger partial charge is 0.457 e. The molecule has 0 spiro atoms. The van der Waals surface area contributed by atoms with Crippen molar-refractivity contribution in [2.75, 3.05) is 13.1 Å². The fourth-order valence-corrected chi connectivity index (χ4v) is 4.16. The van der Waals surface area contributed by atoms with E-state index in [1.165, 1.54) is 0 Å². The molecule has 35 heavy (non-hydrogen) atoms. The summed E-state index contributed by atoms with van der Waals surface area (Å²) in [5, 5.41) is 11.0. The first-order valence-corrected chi connectivity index (χ1v) is 11.9. The highest BCUT2D eigenvalue weighted by molar-refractivity contribution is 6.28. The minimum Gasteiger partial charge on any atom is -0.457 e. The maximum Gasteiger partial charge on any atom is 0.230 e. The molecule has 1 saturated carbocycles. The van der Waals surface area contributed by atoms with Gasteiger partial charge in [-0.05, 0) is 54.3 Å². The van der Waals surface area contributed by atoms with Crippen LogP contribution in [0.5, 0.6) is 11.5 Å². The lowest BCUT2D eigenvalue weighted by Crippen LogP contribution is -2.43. The van der Waals surface area contributed by atoms with Gasteiger partial charge in [0.1, 0.15) is 11.5 Å². The molecule has 5 rings (SSSR count). The van der Waals surface area contributed by atoms with Crippen LogP contribution in [0.15, 0.2) is 86.0 Å². The van der Waals surface area contributed by atoms with Crippen molar-refractivity contribution in [1.29, 1.82) is 0 Å². The number of hydrogen-bond acceptors (Lipinski definition) is 5. The predicted molar refractivity (Wildman–Crippen MR) is 137 cm³/mol. The predicted octanol–water partition coefficient (Wildman–Crippen LogP) is 5.91. The lowest BCUT2D eigenvalue weighted by molar-refractivity contribution is -0.281. The van der Waals surface area contributed by atoms with Gasteiger partial charge >= 0.3 is 0 Å². The quantitative estimate of drug-likeness (QED) is 0.165. The van der Waals surface area contributed by atoms with E-state index in [1.807, 2.05) is 53.4 Å². The van der Waals surface area contributed by atoms with E-state index in [-0.39, 0.29) is 18.3 Å². The molecule has 2 fully saturated rings. The monoisotopic (exact) mass is 467 g/mol. The molecule has 3 aromatic rings. The molecule has 1 unspecified atom stereocenters. The van der Waals surface area contributed by atoms with Gasteiger partial charge in [0.25, 0.3) is 0 Å². The van der Waals surface area contributed by atoms with E-state index in [4.69, 9.17) is 9.47 Å². The molecular weight excluding hydrogens is 438 g/mol. The maximum absolute atomic E-state index is 12.8. The second kappa shape index (κ2) is 9.62. The first kappa shape index (κ1) is 23.2. The zero-order chi connectivity index (χ0) is 24.4. The second-order valence-electron chi connectivity index (χ2n) is 9.09. The third kappa shape index (κ3) is 5.13. The van der Waals surface area contributed by atoms with Gasteiger partial charge in [-0.1, -0.05) is 61.7 Å². The number of rotatable bonds is 11. The number of hydrogen-bond donors (Lipinski definition) is 1. The van der Waals surface area contributed by atoms with Crippen molar-refractivity contribution in [3.63, 3.8) is 0 Å². The Morgan fingerprint density at radius 3 is 2.37 bits per heavy atom. The lowest BCUT2D eigenvalue weighted by Gasteiger charge is -2.29. The number of ether oxygens (including phenoxy) is 2. The molecular formula is C30H29NO4. The summed E-state index contributed by atoms with van der Waals surface area (Å²) in [5.41, 5.74) is 3.55. The van der Waals surface area contributed by atoms with Crippen molar-refractivity contribution in [1.82, 2.24) is 4.90 Å². The van der Waals surface area contributed by atoms with Crippen molar-refractivity contribution in [2.24, 2.45) is 5.92 Å². The van der Waals surface area contributed by atoms with E-state index in [9.17, 15) is 9.90 Å². The summed E-state index contributed by atoms with van der Waals surface area (Å²) in [6.45, 7) is 9.87. The number of ketones is 1. The highest BCUT2D eigenvalue weighted by atomic mass is 16.7. The number of carbonyl (C=O) groups excluding carboxylic acids is 1. The summed E-state index contributed by atoms with van der Waals surface area (Å²) < 4.78 is 12.1. The number of allylic oxidation sites excluding steroid dienone is 1. The van der Waals surface area contributed by atoms with Gasteiger partial charge in [0.15, 0.2) is 5.78 Å². The Morgan fingerprint density at radius 1 is 1.03 bits per heavy atom.